The number of likely N-dealkylation sites (tertiary alicyclic amines) is 1. The Balaban J connectivity index is 1.90. The van der Waals surface area contributed by atoms with Gasteiger partial charge in [-0.05, 0) is 51.7 Å². The maximum absolute atomic E-state index is 11.7. The molecule has 0 bridgehead atoms. The Morgan fingerprint density at radius 1 is 1.10 bits per heavy atom. The Kier molecular flexibility index (Phi) is 9.67. The van der Waals surface area contributed by atoms with Crippen LogP contribution in [-0.2, 0) is 9.53 Å². The zero-order valence-corrected chi connectivity index (χ0v) is 13.0. The molecule has 1 saturated heterocycles. The third-order valence-corrected chi connectivity index (χ3v) is 4.11. The summed E-state index contributed by atoms with van der Waals surface area (Å²) in [4.78, 5) is 14.0. The van der Waals surface area contributed by atoms with Crippen molar-refractivity contribution < 1.29 is 14.6 Å². The molecule has 0 aromatic carbocycles. The van der Waals surface area contributed by atoms with E-state index in [0.717, 1.165) is 51.6 Å². The van der Waals surface area contributed by atoms with Gasteiger partial charge in [0.2, 0.25) is 0 Å². The minimum absolute atomic E-state index is 0.0140. The molecule has 4 nitrogen and oxygen atoms in total. The maximum Gasteiger partial charge on any atom is 0.306 e. The van der Waals surface area contributed by atoms with Gasteiger partial charge in [0.15, 0.2) is 0 Å². The Labute approximate surface area is 123 Å². The van der Waals surface area contributed by atoms with Crippen LogP contribution in [0.15, 0.2) is 0 Å². The second kappa shape index (κ2) is 11.1. The van der Waals surface area contributed by atoms with Crippen LogP contribution in [0.5, 0.6) is 0 Å². The van der Waals surface area contributed by atoms with Crippen LogP contribution in [0.2, 0.25) is 0 Å². The summed E-state index contributed by atoms with van der Waals surface area (Å²) in [6.07, 6.45) is 9.29. The average Bonchev–Trinajstić information content (AvgIpc) is 2.44. The molecule has 0 aromatic heterocycles. The van der Waals surface area contributed by atoms with Crippen molar-refractivity contribution in [3.05, 3.63) is 0 Å². The molecule has 0 amide bonds. The molecule has 118 valence electrons. The number of carbonyl (C=O) groups excluding carboxylic acids is 1. The number of rotatable bonds is 10. The molecule has 1 aliphatic rings. The van der Waals surface area contributed by atoms with Crippen molar-refractivity contribution in [2.45, 2.75) is 57.8 Å². The first-order chi connectivity index (χ1) is 9.72. The third-order valence-electron chi connectivity index (χ3n) is 4.11. The predicted molar refractivity (Wildman–Crippen MR) is 80.6 cm³/mol. The Bertz CT molecular complexity index is 250. The van der Waals surface area contributed by atoms with Crippen LogP contribution >= 0.6 is 0 Å². The lowest BCUT2D eigenvalue weighted by Gasteiger charge is -2.28. The molecule has 0 aromatic rings. The molecule has 1 N–H and O–H groups in total. The molecule has 20 heavy (non-hydrogen) atoms. The number of esters is 1. The van der Waals surface area contributed by atoms with E-state index in [-0.39, 0.29) is 5.97 Å². The molecule has 1 fully saturated rings. The van der Waals surface area contributed by atoms with E-state index in [2.05, 4.69) is 11.9 Å². The number of aliphatic hydroxyl groups is 1. The first-order valence-corrected chi connectivity index (χ1v) is 8.17. The standard InChI is InChI=1S/C16H31NO3/c1-17-10-8-15(9-11-17)14-16(19)20-13-7-5-3-2-4-6-12-18/h15,18H,2-14H2,1H3. The average molecular weight is 285 g/mol. The number of hydrogen-bond acceptors (Lipinski definition) is 4. The molecule has 0 aliphatic carbocycles. The SMILES string of the molecule is CN1CCC(CC(=O)OCCCCCCCCO)CC1. The van der Waals surface area contributed by atoms with Gasteiger partial charge in [-0.15, -0.1) is 0 Å². The normalized spacial score (nSPS) is 17.3. The van der Waals surface area contributed by atoms with Crippen LogP contribution in [0.1, 0.15) is 57.8 Å². The highest BCUT2D eigenvalue weighted by Gasteiger charge is 2.19. The van der Waals surface area contributed by atoms with Crippen LogP contribution in [-0.4, -0.2) is 49.3 Å². The van der Waals surface area contributed by atoms with E-state index in [1.807, 2.05) is 0 Å². The van der Waals surface area contributed by atoms with Crippen LogP contribution in [0, 0.1) is 5.92 Å². The Morgan fingerprint density at radius 3 is 2.35 bits per heavy atom. The summed E-state index contributed by atoms with van der Waals surface area (Å²) in [6, 6.07) is 0. The molecule has 1 aliphatic heterocycles. The van der Waals surface area contributed by atoms with Crippen LogP contribution in [0.25, 0.3) is 0 Å². The molecular weight excluding hydrogens is 254 g/mol. The molecule has 0 unspecified atom stereocenters. The van der Waals surface area contributed by atoms with E-state index in [0.29, 0.717) is 25.6 Å². The van der Waals surface area contributed by atoms with Crippen molar-refractivity contribution in [3.8, 4) is 0 Å². The second-order valence-corrected chi connectivity index (χ2v) is 6.02. The number of ether oxygens (including phenoxy) is 1. The smallest absolute Gasteiger partial charge is 0.306 e. The van der Waals surface area contributed by atoms with Gasteiger partial charge in [0, 0.05) is 13.0 Å². The summed E-state index contributed by atoms with van der Waals surface area (Å²) in [5, 5.41) is 8.66. The van der Waals surface area contributed by atoms with Crippen molar-refractivity contribution in [1.82, 2.24) is 4.90 Å². The topological polar surface area (TPSA) is 49.8 Å². The fraction of sp³-hybridized carbons (Fsp3) is 0.938. The minimum Gasteiger partial charge on any atom is -0.466 e. The van der Waals surface area contributed by atoms with E-state index in [1.54, 1.807) is 0 Å². The summed E-state index contributed by atoms with van der Waals surface area (Å²) in [7, 11) is 2.13. The number of unbranched alkanes of at least 4 members (excludes halogenated alkanes) is 5. The summed E-state index contributed by atoms with van der Waals surface area (Å²) in [6.45, 7) is 3.08. The molecule has 0 spiro atoms. The highest BCUT2D eigenvalue weighted by atomic mass is 16.5. The van der Waals surface area contributed by atoms with E-state index in [4.69, 9.17) is 9.84 Å². The van der Waals surface area contributed by atoms with E-state index in [1.165, 1.54) is 12.8 Å². The third kappa shape index (κ3) is 8.54. The first-order valence-electron chi connectivity index (χ1n) is 8.17. The summed E-state index contributed by atoms with van der Waals surface area (Å²) >= 11 is 0. The van der Waals surface area contributed by atoms with Gasteiger partial charge >= 0.3 is 5.97 Å². The summed E-state index contributed by atoms with van der Waals surface area (Å²) < 4.78 is 5.31. The van der Waals surface area contributed by atoms with E-state index < -0.39 is 0 Å². The molecule has 4 heteroatoms. The summed E-state index contributed by atoms with van der Waals surface area (Å²) in [5.41, 5.74) is 0. The van der Waals surface area contributed by atoms with Gasteiger partial charge in [-0.2, -0.15) is 0 Å². The predicted octanol–water partition coefficient (Wildman–Crippen LogP) is 2.59. The van der Waals surface area contributed by atoms with Crippen molar-refractivity contribution in [3.63, 3.8) is 0 Å². The van der Waals surface area contributed by atoms with E-state index >= 15 is 0 Å². The quantitative estimate of drug-likeness (QED) is 0.495. The van der Waals surface area contributed by atoms with Crippen LogP contribution < -0.4 is 0 Å². The number of nitrogens with zero attached hydrogens (tertiary/aromatic N) is 1. The number of aliphatic hydroxyl groups excluding tert-OH is 1. The fourth-order valence-electron chi connectivity index (χ4n) is 2.67. The highest BCUT2D eigenvalue weighted by Crippen LogP contribution is 2.19. The van der Waals surface area contributed by atoms with Crippen molar-refractivity contribution in [2.75, 3.05) is 33.4 Å². The molecule has 0 saturated carbocycles. The van der Waals surface area contributed by atoms with Gasteiger partial charge in [-0.25, -0.2) is 0 Å². The van der Waals surface area contributed by atoms with Gasteiger partial charge < -0.3 is 14.7 Å². The molecule has 1 heterocycles. The van der Waals surface area contributed by atoms with Crippen LogP contribution in [0.3, 0.4) is 0 Å². The zero-order chi connectivity index (χ0) is 14.6. The first kappa shape index (κ1) is 17.4. The van der Waals surface area contributed by atoms with Gasteiger partial charge in [0.05, 0.1) is 6.61 Å². The lowest BCUT2D eigenvalue weighted by Crippen LogP contribution is -2.31. The lowest BCUT2D eigenvalue weighted by molar-refractivity contribution is -0.145. The van der Waals surface area contributed by atoms with Crippen LogP contribution in [0.4, 0.5) is 0 Å². The fourth-order valence-corrected chi connectivity index (χ4v) is 2.67. The Morgan fingerprint density at radius 2 is 1.70 bits per heavy atom. The van der Waals surface area contributed by atoms with Gasteiger partial charge in [-0.3, -0.25) is 4.79 Å². The molecule has 0 radical (unpaired) electrons. The zero-order valence-electron chi connectivity index (χ0n) is 13.0. The Hall–Kier alpha value is -0.610. The van der Waals surface area contributed by atoms with E-state index in [9.17, 15) is 4.79 Å². The van der Waals surface area contributed by atoms with Gasteiger partial charge in [0.1, 0.15) is 0 Å². The highest BCUT2D eigenvalue weighted by molar-refractivity contribution is 5.69. The van der Waals surface area contributed by atoms with Crippen molar-refractivity contribution >= 4 is 5.97 Å². The molecule has 0 atom stereocenters. The maximum atomic E-state index is 11.7. The monoisotopic (exact) mass is 285 g/mol. The minimum atomic E-state index is -0.0140. The number of piperidine rings is 1. The number of hydrogen-bond donors (Lipinski definition) is 1. The molecular formula is C16H31NO3. The largest absolute Gasteiger partial charge is 0.466 e. The number of carbonyl (C=O) groups is 1. The summed E-state index contributed by atoms with van der Waals surface area (Å²) in [5.74, 6) is 0.511. The lowest BCUT2D eigenvalue weighted by atomic mass is 9.94. The van der Waals surface area contributed by atoms with Crippen molar-refractivity contribution in [1.29, 1.82) is 0 Å². The van der Waals surface area contributed by atoms with Gasteiger partial charge in [0.25, 0.3) is 0 Å². The van der Waals surface area contributed by atoms with Gasteiger partial charge in [-0.1, -0.05) is 25.7 Å². The second-order valence-electron chi connectivity index (χ2n) is 6.02. The molecule has 1 rings (SSSR count). The van der Waals surface area contributed by atoms with Crippen molar-refractivity contribution in [2.24, 2.45) is 5.92 Å².